The van der Waals surface area contributed by atoms with Crippen molar-refractivity contribution < 1.29 is 5.11 Å². The van der Waals surface area contributed by atoms with E-state index in [-0.39, 0.29) is 6.10 Å². The monoisotopic (exact) mass is 205 g/mol. The highest BCUT2D eigenvalue weighted by atomic mass is 35.5. The quantitative estimate of drug-likeness (QED) is 0.377. The molecule has 0 aliphatic rings. The second-order valence-electron chi connectivity index (χ2n) is 3.57. The van der Waals surface area contributed by atoms with Crippen molar-refractivity contribution in [1.82, 2.24) is 5.32 Å². The molecule has 2 N–H and O–H groups in total. The Morgan fingerprint density at radius 1 is 1.38 bits per heavy atom. The molecule has 0 heterocycles. The van der Waals surface area contributed by atoms with E-state index in [9.17, 15) is 5.11 Å². The molecule has 78 valence electrons. The van der Waals surface area contributed by atoms with Crippen LogP contribution in [0.2, 0.25) is 0 Å². The van der Waals surface area contributed by atoms with Gasteiger partial charge in [-0.2, -0.15) is 0 Å². The SMILES string of the molecule is CC(C)CC(O)CNC/C=C/CCl. The van der Waals surface area contributed by atoms with Crippen molar-refractivity contribution in [2.45, 2.75) is 26.4 Å². The van der Waals surface area contributed by atoms with Gasteiger partial charge in [-0.1, -0.05) is 26.0 Å². The number of halogens is 1. The largest absolute Gasteiger partial charge is 0.392 e. The van der Waals surface area contributed by atoms with Crippen molar-refractivity contribution >= 4 is 11.6 Å². The normalized spacial score (nSPS) is 14.2. The second-order valence-corrected chi connectivity index (χ2v) is 3.88. The summed E-state index contributed by atoms with van der Waals surface area (Å²) in [6.45, 7) is 5.65. The number of alkyl halides is 1. The Morgan fingerprint density at radius 2 is 2.08 bits per heavy atom. The zero-order valence-electron chi connectivity index (χ0n) is 8.46. The average Bonchev–Trinajstić information content (AvgIpc) is 2.02. The van der Waals surface area contributed by atoms with Crippen LogP contribution in [0.25, 0.3) is 0 Å². The van der Waals surface area contributed by atoms with E-state index < -0.39 is 0 Å². The first-order chi connectivity index (χ1) is 6.16. The molecular weight excluding hydrogens is 186 g/mol. The third kappa shape index (κ3) is 9.87. The summed E-state index contributed by atoms with van der Waals surface area (Å²) in [6, 6.07) is 0. The second kappa shape index (κ2) is 8.54. The van der Waals surface area contributed by atoms with E-state index in [1.807, 2.05) is 12.2 Å². The lowest BCUT2D eigenvalue weighted by atomic mass is 10.1. The maximum Gasteiger partial charge on any atom is 0.0667 e. The van der Waals surface area contributed by atoms with Gasteiger partial charge < -0.3 is 10.4 Å². The number of hydrogen-bond acceptors (Lipinski definition) is 2. The summed E-state index contributed by atoms with van der Waals surface area (Å²) < 4.78 is 0. The van der Waals surface area contributed by atoms with Gasteiger partial charge in [0.15, 0.2) is 0 Å². The molecule has 0 saturated heterocycles. The number of aliphatic hydroxyl groups excluding tert-OH is 1. The highest BCUT2D eigenvalue weighted by Gasteiger charge is 2.04. The molecular formula is C10H20ClNO. The van der Waals surface area contributed by atoms with Gasteiger partial charge in [-0.05, 0) is 12.3 Å². The van der Waals surface area contributed by atoms with Gasteiger partial charge in [0.2, 0.25) is 0 Å². The zero-order valence-corrected chi connectivity index (χ0v) is 9.22. The van der Waals surface area contributed by atoms with Gasteiger partial charge in [-0.15, -0.1) is 11.6 Å². The Balaban J connectivity index is 3.26. The van der Waals surface area contributed by atoms with E-state index >= 15 is 0 Å². The molecule has 1 atom stereocenters. The van der Waals surface area contributed by atoms with Gasteiger partial charge in [-0.25, -0.2) is 0 Å². The third-order valence-corrected chi connectivity index (χ3v) is 1.82. The van der Waals surface area contributed by atoms with Crippen molar-refractivity contribution in [2.75, 3.05) is 19.0 Å². The Labute approximate surface area is 86.0 Å². The molecule has 0 bridgehead atoms. The van der Waals surface area contributed by atoms with Gasteiger partial charge in [0.05, 0.1) is 6.10 Å². The molecule has 0 aromatic heterocycles. The van der Waals surface area contributed by atoms with Crippen molar-refractivity contribution in [2.24, 2.45) is 5.92 Å². The minimum atomic E-state index is -0.232. The molecule has 0 amide bonds. The molecule has 0 aromatic rings. The summed E-state index contributed by atoms with van der Waals surface area (Å²) in [7, 11) is 0. The standard InChI is InChI=1S/C10H20ClNO/c1-9(2)7-10(13)8-12-6-4-3-5-11/h3-4,9-10,12-13H,5-8H2,1-2H3/b4-3+. The Kier molecular flexibility index (Phi) is 8.51. The van der Waals surface area contributed by atoms with Crippen LogP contribution < -0.4 is 5.32 Å². The van der Waals surface area contributed by atoms with E-state index in [0.29, 0.717) is 18.3 Å². The first-order valence-corrected chi connectivity index (χ1v) is 5.30. The molecule has 1 unspecified atom stereocenters. The topological polar surface area (TPSA) is 32.3 Å². The predicted octanol–water partition coefficient (Wildman–Crippen LogP) is 1.78. The fourth-order valence-corrected chi connectivity index (χ4v) is 1.23. The third-order valence-electron chi connectivity index (χ3n) is 1.64. The van der Waals surface area contributed by atoms with Crippen molar-refractivity contribution in [3.63, 3.8) is 0 Å². The molecule has 0 aliphatic carbocycles. The minimum Gasteiger partial charge on any atom is -0.392 e. The van der Waals surface area contributed by atoms with Gasteiger partial charge in [0.25, 0.3) is 0 Å². The molecule has 3 heteroatoms. The highest BCUT2D eigenvalue weighted by molar-refractivity contribution is 6.18. The van der Waals surface area contributed by atoms with Crippen LogP contribution in [0.1, 0.15) is 20.3 Å². The Bertz CT molecular complexity index is 137. The lowest BCUT2D eigenvalue weighted by Crippen LogP contribution is -2.27. The molecule has 13 heavy (non-hydrogen) atoms. The molecule has 0 aromatic carbocycles. The lowest BCUT2D eigenvalue weighted by molar-refractivity contribution is 0.148. The number of hydrogen-bond donors (Lipinski definition) is 2. The van der Waals surface area contributed by atoms with E-state index in [0.717, 1.165) is 13.0 Å². The maximum absolute atomic E-state index is 9.46. The molecule has 0 aliphatic heterocycles. The van der Waals surface area contributed by atoms with E-state index in [2.05, 4.69) is 19.2 Å². The first kappa shape index (κ1) is 12.9. The van der Waals surface area contributed by atoms with Crippen LogP contribution in [0.5, 0.6) is 0 Å². The lowest BCUT2D eigenvalue weighted by Gasteiger charge is -2.12. The molecule has 0 saturated carbocycles. The molecule has 0 spiro atoms. The number of nitrogens with one attached hydrogen (secondary N) is 1. The van der Waals surface area contributed by atoms with Crippen molar-refractivity contribution in [3.05, 3.63) is 12.2 Å². The van der Waals surface area contributed by atoms with E-state index in [4.69, 9.17) is 11.6 Å². The fraction of sp³-hybridized carbons (Fsp3) is 0.800. The maximum atomic E-state index is 9.46. The Morgan fingerprint density at radius 3 is 2.62 bits per heavy atom. The summed E-state index contributed by atoms with van der Waals surface area (Å²) in [5, 5.41) is 12.6. The van der Waals surface area contributed by atoms with Crippen LogP contribution in [0.3, 0.4) is 0 Å². The van der Waals surface area contributed by atoms with Crippen LogP contribution in [0.4, 0.5) is 0 Å². The number of allylic oxidation sites excluding steroid dienone is 1. The highest BCUT2D eigenvalue weighted by Crippen LogP contribution is 2.02. The summed E-state index contributed by atoms with van der Waals surface area (Å²) in [4.78, 5) is 0. The van der Waals surface area contributed by atoms with E-state index in [1.54, 1.807) is 0 Å². The number of aliphatic hydroxyl groups is 1. The predicted molar refractivity (Wildman–Crippen MR) is 58.2 cm³/mol. The first-order valence-electron chi connectivity index (χ1n) is 4.76. The summed E-state index contributed by atoms with van der Waals surface area (Å²) in [5.74, 6) is 1.10. The van der Waals surface area contributed by atoms with Crippen molar-refractivity contribution in [1.29, 1.82) is 0 Å². The van der Waals surface area contributed by atoms with Crippen LogP contribution in [0.15, 0.2) is 12.2 Å². The van der Waals surface area contributed by atoms with Gasteiger partial charge in [-0.3, -0.25) is 0 Å². The van der Waals surface area contributed by atoms with Gasteiger partial charge in [0, 0.05) is 19.0 Å². The Hall–Kier alpha value is -0.0500. The minimum absolute atomic E-state index is 0.232. The molecule has 0 fully saturated rings. The molecule has 0 radical (unpaired) electrons. The smallest absolute Gasteiger partial charge is 0.0667 e. The number of rotatable bonds is 7. The van der Waals surface area contributed by atoms with Crippen LogP contribution in [-0.4, -0.2) is 30.2 Å². The van der Waals surface area contributed by atoms with Crippen LogP contribution in [0, 0.1) is 5.92 Å². The molecule has 0 rings (SSSR count). The van der Waals surface area contributed by atoms with Crippen LogP contribution >= 0.6 is 11.6 Å². The molecule has 2 nitrogen and oxygen atoms in total. The van der Waals surface area contributed by atoms with Crippen molar-refractivity contribution in [3.8, 4) is 0 Å². The summed E-state index contributed by atoms with van der Waals surface area (Å²) in [5.41, 5.74) is 0. The average molecular weight is 206 g/mol. The van der Waals surface area contributed by atoms with Gasteiger partial charge in [0.1, 0.15) is 0 Å². The fourth-order valence-electron chi connectivity index (χ4n) is 1.11. The van der Waals surface area contributed by atoms with E-state index in [1.165, 1.54) is 0 Å². The van der Waals surface area contributed by atoms with Gasteiger partial charge >= 0.3 is 0 Å². The van der Waals surface area contributed by atoms with Crippen LogP contribution in [-0.2, 0) is 0 Å². The summed E-state index contributed by atoms with van der Waals surface area (Å²) in [6.07, 6.45) is 4.48. The zero-order chi connectivity index (χ0) is 10.1. The summed E-state index contributed by atoms with van der Waals surface area (Å²) >= 11 is 5.45.